The molecule has 3 N–H and O–H groups in total. The van der Waals surface area contributed by atoms with Gasteiger partial charge in [0.15, 0.2) is 5.82 Å². The van der Waals surface area contributed by atoms with Gasteiger partial charge in [-0.15, -0.1) is 0 Å². The highest BCUT2D eigenvalue weighted by Gasteiger charge is 2.28. The molecule has 0 spiro atoms. The number of hydrogen-bond donors (Lipinski definition) is 2. The topological polar surface area (TPSA) is 76.7 Å². The van der Waals surface area contributed by atoms with E-state index < -0.39 is 0 Å². The molecule has 0 saturated heterocycles. The standard InChI is InChI=1S/C14H20N4O/c1-9-5-7-10(8-6-9)18-12(16-17-13(18)19)11(15)14(2,3)4/h5-8,11H,15H2,1-4H3,(H,17,19)/t11-/m1/s1. The summed E-state index contributed by atoms with van der Waals surface area (Å²) >= 11 is 0. The molecule has 0 bridgehead atoms. The summed E-state index contributed by atoms with van der Waals surface area (Å²) in [5.74, 6) is 0.557. The molecule has 2 aromatic rings. The van der Waals surface area contributed by atoms with Crippen molar-refractivity contribution in [3.63, 3.8) is 0 Å². The van der Waals surface area contributed by atoms with E-state index in [1.54, 1.807) is 0 Å². The van der Waals surface area contributed by atoms with Crippen LogP contribution in [0.25, 0.3) is 5.69 Å². The summed E-state index contributed by atoms with van der Waals surface area (Å²) < 4.78 is 1.54. The van der Waals surface area contributed by atoms with Crippen molar-refractivity contribution < 1.29 is 0 Å². The molecule has 0 aliphatic carbocycles. The van der Waals surface area contributed by atoms with E-state index in [4.69, 9.17) is 5.73 Å². The van der Waals surface area contributed by atoms with Crippen molar-refractivity contribution in [3.8, 4) is 5.69 Å². The number of aryl methyl sites for hydroxylation is 1. The van der Waals surface area contributed by atoms with Gasteiger partial charge in [0, 0.05) is 0 Å². The molecule has 2 rings (SSSR count). The summed E-state index contributed by atoms with van der Waals surface area (Å²) in [6.07, 6.45) is 0. The molecule has 0 amide bonds. The fourth-order valence-corrected chi connectivity index (χ4v) is 1.85. The first-order valence-electron chi connectivity index (χ1n) is 6.30. The second-order valence-corrected chi connectivity index (χ2v) is 5.90. The van der Waals surface area contributed by atoms with E-state index in [1.807, 2.05) is 52.0 Å². The molecule has 0 fully saturated rings. The second kappa shape index (κ2) is 4.66. The molecule has 5 heteroatoms. The zero-order chi connectivity index (χ0) is 14.2. The van der Waals surface area contributed by atoms with Gasteiger partial charge in [0.1, 0.15) is 0 Å². The van der Waals surface area contributed by atoms with Crippen molar-refractivity contribution in [3.05, 3.63) is 46.1 Å². The van der Waals surface area contributed by atoms with Crippen LogP contribution in [0.1, 0.15) is 38.2 Å². The van der Waals surface area contributed by atoms with Crippen LogP contribution in [0, 0.1) is 12.3 Å². The predicted molar refractivity (Wildman–Crippen MR) is 75.3 cm³/mol. The summed E-state index contributed by atoms with van der Waals surface area (Å²) in [7, 11) is 0. The Balaban J connectivity index is 2.55. The van der Waals surface area contributed by atoms with Gasteiger partial charge in [-0.25, -0.2) is 14.5 Å². The van der Waals surface area contributed by atoms with Crippen molar-refractivity contribution in [1.82, 2.24) is 14.8 Å². The highest BCUT2D eigenvalue weighted by Crippen LogP contribution is 2.29. The van der Waals surface area contributed by atoms with Gasteiger partial charge in [-0.3, -0.25) is 0 Å². The van der Waals surface area contributed by atoms with Gasteiger partial charge in [-0.2, -0.15) is 5.10 Å². The zero-order valence-electron chi connectivity index (χ0n) is 11.8. The molecule has 0 aliphatic rings. The van der Waals surface area contributed by atoms with Crippen LogP contribution in [0.5, 0.6) is 0 Å². The molecular formula is C14H20N4O. The van der Waals surface area contributed by atoms with Gasteiger partial charge in [0.2, 0.25) is 0 Å². The Morgan fingerprint density at radius 3 is 2.37 bits per heavy atom. The Labute approximate surface area is 112 Å². The van der Waals surface area contributed by atoms with Gasteiger partial charge in [-0.1, -0.05) is 38.5 Å². The normalized spacial score (nSPS) is 13.5. The predicted octanol–water partition coefficient (Wildman–Crippen LogP) is 1.91. The minimum Gasteiger partial charge on any atom is -0.321 e. The first-order chi connectivity index (χ1) is 8.80. The van der Waals surface area contributed by atoms with E-state index in [0.29, 0.717) is 5.82 Å². The fraction of sp³-hybridized carbons (Fsp3) is 0.429. The molecule has 0 radical (unpaired) electrons. The maximum atomic E-state index is 11.9. The first kappa shape index (κ1) is 13.5. The summed E-state index contributed by atoms with van der Waals surface area (Å²) in [6.45, 7) is 8.08. The van der Waals surface area contributed by atoms with E-state index in [0.717, 1.165) is 11.3 Å². The van der Waals surface area contributed by atoms with Crippen molar-refractivity contribution >= 4 is 0 Å². The Bertz CT molecular complexity index is 616. The number of H-pyrrole nitrogens is 1. The van der Waals surface area contributed by atoms with E-state index in [2.05, 4.69) is 10.2 Å². The van der Waals surface area contributed by atoms with Crippen LogP contribution in [0.15, 0.2) is 29.1 Å². The quantitative estimate of drug-likeness (QED) is 0.866. The molecule has 102 valence electrons. The maximum Gasteiger partial charge on any atom is 0.347 e. The molecule has 1 atom stereocenters. The average Bonchev–Trinajstić information content (AvgIpc) is 2.70. The van der Waals surface area contributed by atoms with Crippen LogP contribution in [0.3, 0.4) is 0 Å². The Kier molecular flexibility index (Phi) is 3.32. The third kappa shape index (κ3) is 2.61. The molecular weight excluding hydrogens is 240 g/mol. The van der Waals surface area contributed by atoms with Crippen molar-refractivity contribution in [2.75, 3.05) is 0 Å². The van der Waals surface area contributed by atoms with Crippen LogP contribution >= 0.6 is 0 Å². The third-order valence-electron chi connectivity index (χ3n) is 3.20. The number of rotatable bonds is 2. The second-order valence-electron chi connectivity index (χ2n) is 5.90. The first-order valence-corrected chi connectivity index (χ1v) is 6.30. The highest BCUT2D eigenvalue weighted by atomic mass is 16.1. The largest absolute Gasteiger partial charge is 0.347 e. The Morgan fingerprint density at radius 2 is 1.84 bits per heavy atom. The minimum absolute atomic E-state index is 0.173. The van der Waals surface area contributed by atoms with Gasteiger partial charge in [-0.05, 0) is 24.5 Å². The summed E-state index contributed by atoms with van der Waals surface area (Å²) in [6, 6.07) is 7.38. The van der Waals surface area contributed by atoms with Crippen LogP contribution < -0.4 is 11.4 Å². The maximum absolute atomic E-state index is 11.9. The van der Waals surface area contributed by atoms with Gasteiger partial charge >= 0.3 is 5.69 Å². The van der Waals surface area contributed by atoms with Crippen molar-refractivity contribution in [2.45, 2.75) is 33.7 Å². The summed E-state index contributed by atoms with van der Waals surface area (Å²) in [5, 5.41) is 6.56. The Hall–Kier alpha value is -1.88. The molecule has 0 unspecified atom stereocenters. The van der Waals surface area contributed by atoms with Gasteiger partial charge < -0.3 is 5.73 Å². The highest BCUT2D eigenvalue weighted by molar-refractivity contribution is 5.35. The van der Waals surface area contributed by atoms with Gasteiger partial charge in [0.25, 0.3) is 0 Å². The average molecular weight is 260 g/mol. The molecule has 5 nitrogen and oxygen atoms in total. The molecule has 0 aliphatic heterocycles. The number of nitrogens with two attached hydrogens (primary N) is 1. The van der Waals surface area contributed by atoms with Crippen LogP contribution in [0.4, 0.5) is 0 Å². The van der Waals surface area contributed by atoms with E-state index in [-0.39, 0.29) is 17.1 Å². The molecule has 1 aromatic carbocycles. The summed E-state index contributed by atoms with van der Waals surface area (Å²) in [4.78, 5) is 11.9. The molecule has 19 heavy (non-hydrogen) atoms. The lowest BCUT2D eigenvalue weighted by Gasteiger charge is -2.26. The SMILES string of the molecule is Cc1ccc(-n2c([C@@H](N)C(C)(C)C)n[nH]c2=O)cc1. The number of nitrogens with zero attached hydrogens (tertiary/aromatic N) is 2. The van der Waals surface area contributed by atoms with Gasteiger partial charge in [0.05, 0.1) is 11.7 Å². The van der Waals surface area contributed by atoms with Crippen LogP contribution in [0.2, 0.25) is 0 Å². The zero-order valence-corrected chi connectivity index (χ0v) is 11.8. The number of nitrogens with one attached hydrogen (secondary N) is 1. The Morgan fingerprint density at radius 1 is 1.26 bits per heavy atom. The van der Waals surface area contributed by atoms with Crippen LogP contribution in [-0.4, -0.2) is 14.8 Å². The van der Waals surface area contributed by atoms with E-state index in [1.165, 1.54) is 4.57 Å². The lowest BCUT2D eigenvalue weighted by molar-refractivity contribution is 0.312. The molecule has 0 saturated carbocycles. The summed E-state index contributed by atoms with van der Waals surface area (Å²) in [5.41, 5.74) is 7.69. The van der Waals surface area contributed by atoms with Crippen molar-refractivity contribution in [2.24, 2.45) is 11.1 Å². The number of benzene rings is 1. The smallest absolute Gasteiger partial charge is 0.321 e. The lowest BCUT2D eigenvalue weighted by Crippen LogP contribution is -2.30. The molecule has 1 aromatic heterocycles. The lowest BCUT2D eigenvalue weighted by atomic mass is 9.87. The van der Waals surface area contributed by atoms with E-state index >= 15 is 0 Å². The number of hydrogen-bond acceptors (Lipinski definition) is 3. The van der Waals surface area contributed by atoms with Crippen molar-refractivity contribution in [1.29, 1.82) is 0 Å². The monoisotopic (exact) mass is 260 g/mol. The van der Waals surface area contributed by atoms with E-state index in [9.17, 15) is 4.79 Å². The number of aromatic amines is 1. The van der Waals surface area contributed by atoms with Crippen LogP contribution in [-0.2, 0) is 0 Å². The number of aromatic nitrogens is 3. The fourth-order valence-electron chi connectivity index (χ4n) is 1.85. The molecule has 1 heterocycles. The minimum atomic E-state index is -0.326. The third-order valence-corrected chi connectivity index (χ3v) is 3.20.